The van der Waals surface area contributed by atoms with Gasteiger partial charge in [-0.3, -0.25) is 4.79 Å². The molecule has 1 aliphatic carbocycles. The average molecular weight is 427 g/mol. The first-order chi connectivity index (χ1) is 15.6. The highest BCUT2D eigenvalue weighted by molar-refractivity contribution is 6.20. The number of fused-ring (bicyclic) bond motifs is 2. The summed E-state index contributed by atoms with van der Waals surface area (Å²) in [6, 6.07) is 21.9. The zero-order valence-corrected chi connectivity index (χ0v) is 17.3. The van der Waals surface area contributed by atoms with Crippen LogP contribution in [0.3, 0.4) is 0 Å². The highest BCUT2D eigenvalue weighted by atomic mass is 16.6. The maximum atomic E-state index is 13.4. The number of methoxy groups -OCH3 is 1. The Kier molecular flexibility index (Phi) is 4.99. The van der Waals surface area contributed by atoms with Gasteiger partial charge in [0, 0.05) is 6.07 Å². The van der Waals surface area contributed by atoms with Crippen molar-refractivity contribution in [3.8, 4) is 5.75 Å². The predicted octanol–water partition coefficient (Wildman–Crippen LogP) is 4.44. The van der Waals surface area contributed by atoms with Crippen molar-refractivity contribution >= 4 is 23.8 Å². The summed E-state index contributed by atoms with van der Waals surface area (Å²) in [6.45, 7) is 0. The molecule has 0 saturated carbocycles. The molecule has 1 N–H and O–H groups in total. The van der Waals surface area contributed by atoms with E-state index in [1.807, 2.05) is 48.5 Å². The van der Waals surface area contributed by atoms with Crippen molar-refractivity contribution in [1.82, 2.24) is 0 Å². The third kappa shape index (κ3) is 3.25. The summed E-state index contributed by atoms with van der Waals surface area (Å²) in [4.78, 5) is 27.7. The lowest BCUT2D eigenvalue weighted by molar-refractivity contribution is -0.118. The molecule has 5 rings (SSSR count). The predicted molar refractivity (Wildman–Crippen MR) is 119 cm³/mol. The van der Waals surface area contributed by atoms with Crippen LogP contribution >= 0.6 is 0 Å². The molecule has 3 atom stereocenters. The van der Waals surface area contributed by atoms with Gasteiger partial charge in [0.25, 0.3) is 0 Å². The van der Waals surface area contributed by atoms with Crippen LogP contribution in [0.1, 0.15) is 34.3 Å². The minimum Gasteiger partial charge on any atom is -0.497 e. The van der Waals surface area contributed by atoms with Crippen molar-refractivity contribution in [2.75, 3.05) is 12.0 Å². The third-order valence-corrected chi connectivity index (χ3v) is 5.90. The minimum atomic E-state index is -1.02. The second kappa shape index (κ2) is 7.98. The highest BCUT2D eigenvalue weighted by Crippen LogP contribution is 2.43. The first-order valence-corrected chi connectivity index (χ1v) is 10.3. The van der Waals surface area contributed by atoms with Crippen molar-refractivity contribution in [1.29, 1.82) is 0 Å². The fraction of sp³-hybridized carbons (Fsp3) is 0.154. The van der Waals surface area contributed by atoms with E-state index in [9.17, 15) is 14.7 Å². The van der Waals surface area contributed by atoms with Crippen LogP contribution in [0.5, 0.6) is 5.75 Å². The summed E-state index contributed by atoms with van der Waals surface area (Å²) >= 11 is 0. The van der Waals surface area contributed by atoms with Gasteiger partial charge in [-0.05, 0) is 34.4 Å². The SMILES string of the molecule is COc1ccc2c(c1)N(C(=O)OC1C=Cc3ccccc3C1O)C(=O)C2c1ccccc1. The van der Waals surface area contributed by atoms with Crippen LogP contribution < -0.4 is 9.64 Å². The Bertz CT molecular complexity index is 1220. The van der Waals surface area contributed by atoms with Gasteiger partial charge in [0.15, 0.2) is 6.10 Å². The Hall–Kier alpha value is -3.90. The van der Waals surface area contributed by atoms with Crippen molar-refractivity contribution in [2.24, 2.45) is 0 Å². The van der Waals surface area contributed by atoms with Crippen molar-refractivity contribution in [3.63, 3.8) is 0 Å². The quantitative estimate of drug-likeness (QED) is 0.669. The number of carbonyl (C=O) groups excluding carboxylic acids is 2. The summed E-state index contributed by atoms with van der Waals surface area (Å²) in [7, 11) is 1.52. The van der Waals surface area contributed by atoms with Crippen LogP contribution in [-0.2, 0) is 9.53 Å². The Morgan fingerprint density at radius 2 is 1.72 bits per heavy atom. The van der Waals surface area contributed by atoms with Gasteiger partial charge in [0.05, 0.1) is 18.7 Å². The molecule has 2 amide bonds. The van der Waals surface area contributed by atoms with E-state index >= 15 is 0 Å². The zero-order chi connectivity index (χ0) is 22.2. The summed E-state index contributed by atoms with van der Waals surface area (Å²) < 4.78 is 10.9. The number of benzene rings is 3. The van der Waals surface area contributed by atoms with Crippen molar-refractivity contribution in [3.05, 3.63) is 101 Å². The van der Waals surface area contributed by atoms with Crippen molar-refractivity contribution in [2.45, 2.75) is 18.1 Å². The molecule has 160 valence electrons. The van der Waals surface area contributed by atoms with Crippen LogP contribution in [0.25, 0.3) is 6.08 Å². The molecule has 3 aromatic rings. The lowest BCUT2D eigenvalue weighted by atomic mass is 9.93. The molecular weight excluding hydrogens is 406 g/mol. The summed E-state index contributed by atoms with van der Waals surface area (Å²) in [5.41, 5.74) is 3.44. The standard InChI is InChI=1S/C26H21NO5/c1-31-18-12-13-20-21(15-18)27(25(29)23(20)17-8-3-2-4-9-17)26(30)32-22-14-11-16-7-5-6-10-19(16)24(22)28/h2-15,22-24,28H,1H3. The lowest BCUT2D eigenvalue weighted by Crippen LogP contribution is -2.39. The van der Waals surface area contributed by atoms with Crippen LogP contribution in [0.4, 0.5) is 10.5 Å². The molecule has 6 heteroatoms. The highest BCUT2D eigenvalue weighted by Gasteiger charge is 2.43. The minimum absolute atomic E-state index is 0.404. The van der Waals surface area contributed by atoms with Crippen LogP contribution in [0.2, 0.25) is 0 Å². The summed E-state index contributed by atoms with van der Waals surface area (Å²) in [5.74, 6) is -0.508. The van der Waals surface area contributed by atoms with Gasteiger partial charge < -0.3 is 14.6 Å². The molecule has 3 unspecified atom stereocenters. The van der Waals surface area contributed by atoms with E-state index in [4.69, 9.17) is 9.47 Å². The number of hydrogen-bond acceptors (Lipinski definition) is 5. The van der Waals surface area contributed by atoms with Gasteiger partial charge in [-0.1, -0.05) is 66.7 Å². The van der Waals surface area contributed by atoms with E-state index in [1.54, 1.807) is 36.4 Å². The van der Waals surface area contributed by atoms with Gasteiger partial charge >= 0.3 is 6.09 Å². The number of anilines is 1. The second-order valence-electron chi connectivity index (χ2n) is 7.72. The number of imide groups is 1. The van der Waals surface area contributed by atoms with E-state index in [0.717, 1.165) is 16.0 Å². The number of carbonyl (C=O) groups is 2. The Balaban J connectivity index is 1.48. The topological polar surface area (TPSA) is 76.1 Å². The molecule has 0 spiro atoms. The Morgan fingerprint density at radius 1 is 0.969 bits per heavy atom. The van der Waals surface area contributed by atoms with Gasteiger partial charge in [0.2, 0.25) is 5.91 Å². The van der Waals surface area contributed by atoms with Crippen LogP contribution in [0.15, 0.2) is 78.9 Å². The zero-order valence-electron chi connectivity index (χ0n) is 17.3. The maximum Gasteiger partial charge on any atom is 0.421 e. The first kappa shape index (κ1) is 20.0. The van der Waals surface area contributed by atoms with E-state index in [2.05, 4.69) is 0 Å². The van der Waals surface area contributed by atoms with Crippen molar-refractivity contribution < 1.29 is 24.2 Å². The Labute approximate surface area is 185 Å². The third-order valence-electron chi connectivity index (χ3n) is 5.90. The largest absolute Gasteiger partial charge is 0.497 e. The Morgan fingerprint density at radius 3 is 2.50 bits per heavy atom. The molecule has 0 radical (unpaired) electrons. The molecule has 0 fully saturated rings. The molecule has 1 heterocycles. The second-order valence-corrected chi connectivity index (χ2v) is 7.72. The van der Waals surface area contributed by atoms with E-state index < -0.39 is 30.1 Å². The number of amides is 2. The molecule has 32 heavy (non-hydrogen) atoms. The van der Waals surface area contributed by atoms with Crippen LogP contribution in [0, 0.1) is 0 Å². The monoisotopic (exact) mass is 427 g/mol. The molecule has 3 aromatic carbocycles. The number of ether oxygens (including phenoxy) is 2. The fourth-order valence-corrected chi connectivity index (χ4v) is 4.31. The van der Waals surface area contributed by atoms with Gasteiger partial charge in [-0.2, -0.15) is 0 Å². The molecule has 0 bridgehead atoms. The molecule has 6 nitrogen and oxygen atoms in total. The summed E-state index contributed by atoms with van der Waals surface area (Å²) in [5, 5.41) is 10.7. The smallest absolute Gasteiger partial charge is 0.421 e. The van der Waals surface area contributed by atoms with Crippen LogP contribution in [-0.4, -0.2) is 30.3 Å². The van der Waals surface area contributed by atoms with E-state index in [1.165, 1.54) is 7.11 Å². The van der Waals surface area contributed by atoms with Gasteiger partial charge in [0.1, 0.15) is 11.9 Å². The number of aliphatic hydroxyl groups excluding tert-OH is 1. The number of hydrogen-bond donors (Lipinski definition) is 1. The number of rotatable bonds is 3. The first-order valence-electron chi connectivity index (χ1n) is 10.3. The fourth-order valence-electron chi connectivity index (χ4n) is 4.31. The molecule has 1 aliphatic heterocycles. The molecular formula is C26H21NO5. The molecule has 0 aromatic heterocycles. The molecule has 2 aliphatic rings. The normalized spacial score (nSPS) is 21.1. The summed E-state index contributed by atoms with van der Waals surface area (Å²) in [6.07, 6.45) is 0.668. The molecule has 0 saturated heterocycles. The number of aliphatic hydroxyl groups is 1. The number of nitrogens with zero attached hydrogens (tertiary/aromatic N) is 1. The lowest BCUT2D eigenvalue weighted by Gasteiger charge is -2.27. The van der Waals surface area contributed by atoms with E-state index in [0.29, 0.717) is 22.6 Å². The average Bonchev–Trinajstić information content (AvgIpc) is 3.12. The maximum absolute atomic E-state index is 13.4. The van der Waals surface area contributed by atoms with E-state index in [-0.39, 0.29) is 0 Å². The van der Waals surface area contributed by atoms with Gasteiger partial charge in [-0.25, -0.2) is 9.69 Å². The van der Waals surface area contributed by atoms with Gasteiger partial charge in [-0.15, -0.1) is 0 Å².